The fourth-order valence-corrected chi connectivity index (χ4v) is 3.39. The normalized spacial score (nSPS) is 10.7. The average Bonchev–Trinajstić information content (AvgIpc) is 3.10. The maximum Gasteiger partial charge on any atom is 0.310 e. The Labute approximate surface area is 159 Å². The summed E-state index contributed by atoms with van der Waals surface area (Å²) in [5.41, 5.74) is 2.64. The summed E-state index contributed by atoms with van der Waals surface area (Å²) < 4.78 is 11.1. The summed E-state index contributed by atoms with van der Waals surface area (Å²) in [7, 11) is 1.69. The zero-order valence-corrected chi connectivity index (χ0v) is 16.1. The molecule has 0 saturated carbocycles. The predicted molar refractivity (Wildman–Crippen MR) is 103 cm³/mol. The van der Waals surface area contributed by atoms with E-state index < -0.39 is 0 Å². The molecule has 0 N–H and O–H groups in total. The van der Waals surface area contributed by atoms with Crippen molar-refractivity contribution >= 4 is 44.5 Å². The van der Waals surface area contributed by atoms with Crippen LogP contribution in [0.15, 0.2) is 57.6 Å². The number of benzene rings is 2. The van der Waals surface area contributed by atoms with Crippen LogP contribution in [0.1, 0.15) is 22.8 Å². The highest BCUT2D eigenvalue weighted by Gasteiger charge is 2.19. The molecule has 0 aliphatic carbocycles. The van der Waals surface area contributed by atoms with Gasteiger partial charge in [0.05, 0.1) is 23.8 Å². The van der Waals surface area contributed by atoms with E-state index in [0.717, 1.165) is 15.4 Å². The molecule has 6 heteroatoms. The Morgan fingerprint density at radius 2 is 1.96 bits per heavy atom. The summed E-state index contributed by atoms with van der Waals surface area (Å²) >= 11 is 3.44. The summed E-state index contributed by atoms with van der Waals surface area (Å²) in [6.07, 6.45) is 1.70. The van der Waals surface area contributed by atoms with Crippen LogP contribution in [0.2, 0.25) is 0 Å². The van der Waals surface area contributed by atoms with E-state index in [9.17, 15) is 9.59 Å². The Morgan fingerprint density at radius 3 is 2.73 bits per heavy atom. The number of hydrogen-bond donors (Lipinski definition) is 0. The molecule has 1 aromatic heterocycles. The van der Waals surface area contributed by atoms with Gasteiger partial charge in [-0.2, -0.15) is 0 Å². The van der Waals surface area contributed by atoms with Gasteiger partial charge in [-0.15, -0.1) is 0 Å². The van der Waals surface area contributed by atoms with Gasteiger partial charge < -0.3 is 14.1 Å². The number of rotatable bonds is 5. The Kier molecular flexibility index (Phi) is 5.42. The third-order valence-corrected chi connectivity index (χ3v) is 4.64. The van der Waals surface area contributed by atoms with E-state index in [0.29, 0.717) is 23.4 Å². The maximum atomic E-state index is 13.0. The topological polar surface area (TPSA) is 59.8 Å². The molecule has 0 fully saturated rings. The van der Waals surface area contributed by atoms with Crippen LogP contribution in [0.4, 0.5) is 5.69 Å². The van der Waals surface area contributed by atoms with Crippen LogP contribution in [-0.2, 0) is 16.0 Å². The summed E-state index contributed by atoms with van der Waals surface area (Å²) in [5.74, 6) is -0.492. The van der Waals surface area contributed by atoms with Crippen molar-refractivity contribution in [3.8, 4) is 0 Å². The first-order chi connectivity index (χ1) is 12.5. The lowest BCUT2D eigenvalue weighted by molar-refractivity contribution is -0.142. The number of hydrogen-bond acceptors (Lipinski definition) is 4. The molecule has 0 unspecified atom stereocenters. The van der Waals surface area contributed by atoms with Crippen LogP contribution in [0.3, 0.4) is 0 Å². The van der Waals surface area contributed by atoms with E-state index in [-0.39, 0.29) is 18.3 Å². The summed E-state index contributed by atoms with van der Waals surface area (Å²) in [4.78, 5) is 26.4. The molecular formula is C20H18BrNO4. The van der Waals surface area contributed by atoms with Crippen molar-refractivity contribution in [2.45, 2.75) is 13.3 Å². The second-order valence-corrected chi connectivity index (χ2v) is 6.63. The predicted octanol–water partition coefficient (Wildman–Crippen LogP) is 4.58. The van der Waals surface area contributed by atoms with Gasteiger partial charge in [0.2, 0.25) is 0 Å². The Hall–Kier alpha value is -2.60. The summed E-state index contributed by atoms with van der Waals surface area (Å²) in [6.45, 7) is 2.10. The Balaban J connectivity index is 1.91. The molecule has 1 heterocycles. The lowest BCUT2D eigenvalue weighted by Crippen LogP contribution is -2.27. The zero-order chi connectivity index (χ0) is 18.7. The number of para-hydroxylation sites is 1. The van der Waals surface area contributed by atoms with E-state index in [1.54, 1.807) is 37.3 Å². The van der Waals surface area contributed by atoms with Crippen molar-refractivity contribution in [3.05, 3.63) is 64.3 Å². The third-order valence-electron chi connectivity index (χ3n) is 4.05. The van der Waals surface area contributed by atoms with E-state index in [1.807, 2.05) is 30.3 Å². The Morgan fingerprint density at radius 1 is 1.19 bits per heavy atom. The van der Waals surface area contributed by atoms with Crippen LogP contribution in [-0.4, -0.2) is 25.5 Å². The molecule has 3 rings (SSSR count). The minimum Gasteiger partial charge on any atom is -0.466 e. The van der Waals surface area contributed by atoms with Crippen molar-refractivity contribution in [2.75, 3.05) is 18.6 Å². The molecule has 0 atom stereocenters. The van der Waals surface area contributed by atoms with Crippen LogP contribution in [0, 0.1) is 0 Å². The molecule has 2 aromatic carbocycles. The monoisotopic (exact) mass is 415 g/mol. The second kappa shape index (κ2) is 7.74. The van der Waals surface area contributed by atoms with Crippen molar-refractivity contribution in [2.24, 2.45) is 0 Å². The second-order valence-electron chi connectivity index (χ2n) is 5.77. The third kappa shape index (κ3) is 3.65. The standard InChI is InChI=1S/C20H18BrNO4/c1-3-25-18(23)12-13-6-4-5-7-17(13)22(2)20(24)15-10-14-8-9-26-19(14)16(21)11-15/h4-11H,3,12H2,1-2H3. The van der Waals surface area contributed by atoms with Crippen molar-refractivity contribution in [3.63, 3.8) is 0 Å². The van der Waals surface area contributed by atoms with Crippen molar-refractivity contribution in [1.29, 1.82) is 0 Å². The molecule has 0 aliphatic rings. The fourth-order valence-electron chi connectivity index (χ4n) is 2.82. The maximum absolute atomic E-state index is 13.0. The van der Waals surface area contributed by atoms with Gasteiger partial charge in [0.25, 0.3) is 5.91 Å². The lowest BCUT2D eigenvalue weighted by Gasteiger charge is -2.21. The minimum atomic E-state index is -0.316. The smallest absolute Gasteiger partial charge is 0.310 e. The number of halogens is 1. The van der Waals surface area contributed by atoms with Crippen molar-refractivity contribution < 1.29 is 18.7 Å². The number of esters is 1. The highest BCUT2D eigenvalue weighted by molar-refractivity contribution is 9.10. The molecule has 134 valence electrons. The number of nitrogens with zero attached hydrogens (tertiary/aromatic N) is 1. The van der Waals surface area contributed by atoms with Gasteiger partial charge in [-0.1, -0.05) is 18.2 Å². The quantitative estimate of drug-likeness (QED) is 0.572. The van der Waals surface area contributed by atoms with Gasteiger partial charge in [0.1, 0.15) is 5.58 Å². The lowest BCUT2D eigenvalue weighted by atomic mass is 10.1. The molecule has 0 bridgehead atoms. The molecular weight excluding hydrogens is 398 g/mol. The highest BCUT2D eigenvalue weighted by atomic mass is 79.9. The number of fused-ring (bicyclic) bond motifs is 1. The number of ether oxygens (including phenoxy) is 1. The van der Waals surface area contributed by atoms with Crippen LogP contribution >= 0.6 is 15.9 Å². The molecule has 0 radical (unpaired) electrons. The van der Waals surface area contributed by atoms with Crippen LogP contribution in [0.5, 0.6) is 0 Å². The first kappa shape index (κ1) is 18.2. The van der Waals surface area contributed by atoms with Crippen molar-refractivity contribution in [1.82, 2.24) is 0 Å². The molecule has 0 aliphatic heterocycles. The number of furan rings is 1. The van der Waals surface area contributed by atoms with Gasteiger partial charge in [0.15, 0.2) is 0 Å². The van der Waals surface area contributed by atoms with Crippen LogP contribution < -0.4 is 4.90 Å². The molecule has 0 spiro atoms. The molecule has 1 amide bonds. The minimum absolute atomic E-state index is 0.117. The van der Waals surface area contributed by atoms with E-state index >= 15 is 0 Å². The Bertz CT molecular complexity index is 963. The number of anilines is 1. The SMILES string of the molecule is CCOC(=O)Cc1ccccc1N(C)C(=O)c1cc(Br)c2occc2c1. The largest absolute Gasteiger partial charge is 0.466 e. The number of carbonyl (C=O) groups is 2. The summed E-state index contributed by atoms with van der Waals surface area (Å²) in [5, 5.41) is 0.843. The number of amides is 1. The molecule has 0 saturated heterocycles. The zero-order valence-electron chi connectivity index (χ0n) is 14.5. The van der Waals surface area contributed by atoms with Gasteiger partial charge in [-0.05, 0) is 52.7 Å². The van der Waals surface area contributed by atoms with E-state index in [4.69, 9.17) is 9.15 Å². The summed E-state index contributed by atoms with van der Waals surface area (Å²) in [6, 6.07) is 12.6. The van der Waals surface area contributed by atoms with Gasteiger partial charge in [-0.3, -0.25) is 9.59 Å². The molecule has 26 heavy (non-hydrogen) atoms. The average molecular weight is 416 g/mol. The fraction of sp³-hybridized carbons (Fsp3) is 0.200. The first-order valence-electron chi connectivity index (χ1n) is 8.19. The van der Waals surface area contributed by atoms with Gasteiger partial charge >= 0.3 is 5.97 Å². The van der Waals surface area contributed by atoms with Gasteiger partial charge in [0, 0.05) is 23.7 Å². The molecule has 3 aromatic rings. The highest BCUT2D eigenvalue weighted by Crippen LogP contribution is 2.29. The van der Waals surface area contributed by atoms with Gasteiger partial charge in [-0.25, -0.2) is 0 Å². The first-order valence-corrected chi connectivity index (χ1v) is 8.99. The number of carbonyl (C=O) groups excluding carboxylic acids is 2. The van der Waals surface area contributed by atoms with E-state index in [1.165, 1.54) is 0 Å². The van der Waals surface area contributed by atoms with E-state index in [2.05, 4.69) is 15.9 Å². The van der Waals surface area contributed by atoms with Crippen LogP contribution in [0.25, 0.3) is 11.0 Å². The molecule has 5 nitrogen and oxygen atoms in total.